The Morgan fingerprint density at radius 2 is 2.38 bits per heavy atom. The van der Waals surface area contributed by atoms with E-state index in [2.05, 4.69) is 17.7 Å². The van der Waals surface area contributed by atoms with Gasteiger partial charge in [0.2, 0.25) is 0 Å². The summed E-state index contributed by atoms with van der Waals surface area (Å²) in [7, 11) is 0. The summed E-state index contributed by atoms with van der Waals surface area (Å²) in [6.45, 7) is 5.27. The average Bonchev–Trinajstić information content (AvgIpc) is 2.19. The molecule has 1 unspecified atom stereocenters. The summed E-state index contributed by atoms with van der Waals surface area (Å²) in [6, 6.07) is 0.523. The Morgan fingerprint density at radius 3 is 3.08 bits per heavy atom. The van der Waals surface area contributed by atoms with E-state index in [-0.39, 0.29) is 0 Å². The molecule has 0 amide bonds. The highest BCUT2D eigenvalue weighted by molar-refractivity contribution is 4.71. The van der Waals surface area contributed by atoms with E-state index in [1.807, 2.05) is 0 Å². The van der Waals surface area contributed by atoms with Gasteiger partial charge in [0.25, 0.3) is 0 Å². The van der Waals surface area contributed by atoms with E-state index >= 15 is 0 Å². The molecule has 0 radical (unpaired) electrons. The van der Waals surface area contributed by atoms with Crippen molar-refractivity contribution >= 4 is 0 Å². The lowest BCUT2D eigenvalue weighted by Crippen LogP contribution is -2.43. The highest BCUT2D eigenvalue weighted by Gasteiger charge is 2.11. The first-order chi connectivity index (χ1) is 6.43. The van der Waals surface area contributed by atoms with Crippen molar-refractivity contribution in [2.75, 3.05) is 19.7 Å². The number of hydroxylamine groups is 1. The molecular weight excluding hydrogens is 164 g/mol. The molecule has 3 nitrogen and oxygen atoms in total. The third kappa shape index (κ3) is 5.24. The molecule has 0 spiro atoms. The summed E-state index contributed by atoms with van der Waals surface area (Å²) in [5.74, 6) is 0. The normalized spacial score (nSPS) is 23.3. The second kappa shape index (κ2) is 7.30. The van der Waals surface area contributed by atoms with Gasteiger partial charge in [0.1, 0.15) is 0 Å². The lowest BCUT2D eigenvalue weighted by atomic mass is 10.1. The fourth-order valence-electron chi connectivity index (χ4n) is 1.55. The van der Waals surface area contributed by atoms with E-state index in [9.17, 15) is 0 Å². The highest BCUT2D eigenvalue weighted by Crippen LogP contribution is 2.01. The van der Waals surface area contributed by atoms with Gasteiger partial charge in [-0.2, -0.15) is 5.48 Å². The summed E-state index contributed by atoms with van der Waals surface area (Å²) in [6.07, 6.45) is 6.19. The van der Waals surface area contributed by atoms with Crippen molar-refractivity contribution in [1.82, 2.24) is 10.8 Å². The van der Waals surface area contributed by atoms with Crippen LogP contribution in [0.3, 0.4) is 0 Å². The van der Waals surface area contributed by atoms with Crippen LogP contribution in [0.2, 0.25) is 0 Å². The Morgan fingerprint density at radius 1 is 1.46 bits per heavy atom. The largest absolute Gasteiger partial charge is 0.315 e. The maximum absolute atomic E-state index is 5.39. The first-order valence-electron chi connectivity index (χ1n) is 5.51. The molecule has 3 heteroatoms. The molecule has 0 aromatic heterocycles. The Kier molecular flexibility index (Phi) is 6.15. The van der Waals surface area contributed by atoms with Crippen LogP contribution in [0.4, 0.5) is 0 Å². The SMILES string of the molecule is CCCCCONC1CCCNC1. The number of unbranched alkanes of at least 4 members (excludes halogenated alkanes) is 2. The number of hydrogen-bond acceptors (Lipinski definition) is 3. The number of piperidine rings is 1. The second-order valence-corrected chi connectivity index (χ2v) is 3.72. The lowest BCUT2D eigenvalue weighted by Gasteiger charge is -2.23. The van der Waals surface area contributed by atoms with Crippen molar-refractivity contribution in [3.63, 3.8) is 0 Å². The molecule has 0 aromatic rings. The smallest absolute Gasteiger partial charge is 0.0682 e. The van der Waals surface area contributed by atoms with Crippen molar-refractivity contribution < 1.29 is 4.84 Å². The minimum absolute atomic E-state index is 0.523. The monoisotopic (exact) mass is 186 g/mol. The minimum atomic E-state index is 0.523. The molecule has 1 heterocycles. The predicted octanol–water partition coefficient (Wildman–Crippen LogP) is 1.45. The summed E-state index contributed by atoms with van der Waals surface area (Å²) in [4.78, 5) is 5.39. The zero-order valence-corrected chi connectivity index (χ0v) is 8.64. The summed E-state index contributed by atoms with van der Waals surface area (Å²) in [5, 5.41) is 3.34. The summed E-state index contributed by atoms with van der Waals surface area (Å²) < 4.78 is 0. The van der Waals surface area contributed by atoms with Gasteiger partial charge in [-0.3, -0.25) is 0 Å². The standard InChI is InChI=1S/C10H22N2O/c1-2-3-4-8-13-12-10-6-5-7-11-9-10/h10-12H,2-9H2,1H3. The Balaban J connectivity index is 1.86. The summed E-state index contributed by atoms with van der Waals surface area (Å²) in [5.41, 5.74) is 3.12. The predicted molar refractivity (Wildman–Crippen MR) is 54.5 cm³/mol. The third-order valence-corrected chi connectivity index (χ3v) is 2.40. The van der Waals surface area contributed by atoms with E-state index in [0.717, 1.165) is 19.7 Å². The zero-order valence-electron chi connectivity index (χ0n) is 8.64. The third-order valence-electron chi connectivity index (χ3n) is 2.40. The van der Waals surface area contributed by atoms with Crippen LogP contribution in [-0.2, 0) is 4.84 Å². The highest BCUT2D eigenvalue weighted by atomic mass is 16.6. The molecule has 0 aliphatic carbocycles. The molecule has 1 aliphatic rings. The number of hydrogen-bond donors (Lipinski definition) is 2. The maximum atomic E-state index is 5.39. The van der Waals surface area contributed by atoms with E-state index in [0.29, 0.717) is 6.04 Å². The van der Waals surface area contributed by atoms with Crippen molar-refractivity contribution in [3.05, 3.63) is 0 Å². The fourth-order valence-corrected chi connectivity index (χ4v) is 1.55. The van der Waals surface area contributed by atoms with Gasteiger partial charge < -0.3 is 10.2 Å². The van der Waals surface area contributed by atoms with Gasteiger partial charge in [-0.15, -0.1) is 0 Å². The molecule has 13 heavy (non-hydrogen) atoms. The van der Waals surface area contributed by atoms with E-state index < -0.39 is 0 Å². The molecule has 1 fully saturated rings. The van der Waals surface area contributed by atoms with E-state index in [1.54, 1.807) is 0 Å². The molecule has 1 atom stereocenters. The fraction of sp³-hybridized carbons (Fsp3) is 1.00. The zero-order chi connectivity index (χ0) is 9.36. The molecule has 1 aliphatic heterocycles. The summed E-state index contributed by atoms with van der Waals surface area (Å²) >= 11 is 0. The molecule has 0 bridgehead atoms. The van der Waals surface area contributed by atoms with Crippen molar-refractivity contribution in [3.8, 4) is 0 Å². The van der Waals surface area contributed by atoms with Gasteiger partial charge in [-0.05, 0) is 25.8 Å². The van der Waals surface area contributed by atoms with Crippen LogP contribution in [0.15, 0.2) is 0 Å². The Labute approximate surface area is 81.2 Å². The van der Waals surface area contributed by atoms with Gasteiger partial charge in [0.15, 0.2) is 0 Å². The van der Waals surface area contributed by atoms with Crippen LogP contribution in [-0.4, -0.2) is 25.7 Å². The minimum Gasteiger partial charge on any atom is -0.315 e. The Bertz CT molecular complexity index is 113. The number of rotatable bonds is 6. The van der Waals surface area contributed by atoms with E-state index in [4.69, 9.17) is 4.84 Å². The van der Waals surface area contributed by atoms with Gasteiger partial charge in [0.05, 0.1) is 6.61 Å². The average molecular weight is 186 g/mol. The molecular formula is C10H22N2O. The topological polar surface area (TPSA) is 33.3 Å². The quantitative estimate of drug-likeness (QED) is 0.486. The van der Waals surface area contributed by atoms with Crippen LogP contribution < -0.4 is 10.8 Å². The molecule has 0 aromatic carbocycles. The Hall–Kier alpha value is -0.120. The van der Waals surface area contributed by atoms with E-state index in [1.165, 1.54) is 32.1 Å². The van der Waals surface area contributed by atoms with Crippen LogP contribution in [0.5, 0.6) is 0 Å². The lowest BCUT2D eigenvalue weighted by molar-refractivity contribution is 0.00856. The van der Waals surface area contributed by atoms with Gasteiger partial charge in [0, 0.05) is 12.6 Å². The van der Waals surface area contributed by atoms with Gasteiger partial charge >= 0.3 is 0 Å². The number of nitrogens with one attached hydrogen (secondary N) is 2. The molecule has 0 saturated carbocycles. The van der Waals surface area contributed by atoms with Crippen molar-refractivity contribution in [2.45, 2.75) is 45.1 Å². The first kappa shape index (κ1) is 11.0. The van der Waals surface area contributed by atoms with Crippen LogP contribution in [0.25, 0.3) is 0 Å². The molecule has 1 rings (SSSR count). The van der Waals surface area contributed by atoms with Crippen LogP contribution in [0, 0.1) is 0 Å². The van der Waals surface area contributed by atoms with Crippen LogP contribution in [0.1, 0.15) is 39.0 Å². The molecule has 78 valence electrons. The van der Waals surface area contributed by atoms with Crippen molar-refractivity contribution in [2.24, 2.45) is 0 Å². The van der Waals surface area contributed by atoms with Crippen molar-refractivity contribution in [1.29, 1.82) is 0 Å². The van der Waals surface area contributed by atoms with Gasteiger partial charge in [-0.25, -0.2) is 0 Å². The second-order valence-electron chi connectivity index (χ2n) is 3.72. The first-order valence-corrected chi connectivity index (χ1v) is 5.51. The molecule has 2 N–H and O–H groups in total. The van der Waals surface area contributed by atoms with Crippen LogP contribution >= 0.6 is 0 Å². The maximum Gasteiger partial charge on any atom is 0.0682 e. The van der Waals surface area contributed by atoms with Gasteiger partial charge in [-0.1, -0.05) is 19.8 Å². The molecule has 1 saturated heterocycles.